The van der Waals surface area contributed by atoms with Gasteiger partial charge in [-0.1, -0.05) is 0 Å². The molecule has 2 aliphatic rings. The van der Waals surface area contributed by atoms with Gasteiger partial charge in [-0.25, -0.2) is 16.8 Å². The van der Waals surface area contributed by atoms with Crippen LogP contribution in [0.2, 0.25) is 0 Å². The topological polar surface area (TPSA) is 118 Å². The van der Waals surface area contributed by atoms with Crippen LogP contribution >= 0.6 is 0 Å². The molecule has 1 aromatic carbocycles. The molecule has 1 atom stereocenters. The number of primary amides is 1. The Labute approximate surface area is 154 Å². The maximum Gasteiger partial charge on any atom is 0.243 e. The fourth-order valence-electron chi connectivity index (χ4n) is 3.40. The summed E-state index contributed by atoms with van der Waals surface area (Å²) < 4.78 is 53.3. The van der Waals surface area contributed by atoms with Gasteiger partial charge in [0.25, 0.3) is 0 Å². The molecule has 2 saturated heterocycles. The number of carbonyl (C=O) groups excluding carboxylic acids is 1. The van der Waals surface area contributed by atoms with Crippen LogP contribution in [0.4, 0.5) is 0 Å². The molecule has 1 aromatic rings. The highest BCUT2D eigenvalue weighted by Crippen LogP contribution is 2.26. The molecular weight excluding hydrogens is 378 g/mol. The van der Waals surface area contributed by atoms with E-state index >= 15 is 0 Å². The van der Waals surface area contributed by atoms with Gasteiger partial charge in [-0.3, -0.25) is 4.79 Å². The maximum atomic E-state index is 12.8. The molecule has 10 heteroatoms. The summed E-state index contributed by atoms with van der Waals surface area (Å²) in [6.07, 6.45) is 2.81. The van der Waals surface area contributed by atoms with Crippen molar-refractivity contribution in [3.05, 3.63) is 24.3 Å². The van der Waals surface area contributed by atoms with E-state index in [9.17, 15) is 21.6 Å². The van der Waals surface area contributed by atoms with E-state index in [1.165, 1.54) is 32.9 Å². The number of carbonyl (C=O) groups is 1. The molecule has 1 amide bonds. The highest BCUT2D eigenvalue weighted by atomic mass is 32.2. The molecule has 26 heavy (non-hydrogen) atoms. The number of hydrogen-bond acceptors (Lipinski definition) is 5. The van der Waals surface area contributed by atoms with E-state index < -0.39 is 31.9 Å². The van der Waals surface area contributed by atoms with Crippen LogP contribution in [0.1, 0.15) is 25.7 Å². The number of piperidine rings is 1. The van der Waals surface area contributed by atoms with E-state index in [1.807, 2.05) is 0 Å². The second-order valence-corrected chi connectivity index (χ2v) is 10.6. The lowest BCUT2D eigenvalue weighted by atomic mass is 9.99. The minimum Gasteiger partial charge on any atom is -0.369 e. The monoisotopic (exact) mass is 401 g/mol. The number of sulfonamides is 2. The van der Waals surface area contributed by atoms with E-state index in [0.29, 0.717) is 32.5 Å². The van der Waals surface area contributed by atoms with Crippen LogP contribution in [-0.2, 0) is 24.8 Å². The molecule has 2 heterocycles. The molecule has 2 fully saturated rings. The molecule has 0 aromatic heterocycles. The van der Waals surface area contributed by atoms with Gasteiger partial charge in [0.2, 0.25) is 26.0 Å². The van der Waals surface area contributed by atoms with Gasteiger partial charge in [-0.05, 0) is 49.9 Å². The van der Waals surface area contributed by atoms with Crippen LogP contribution in [0.25, 0.3) is 0 Å². The van der Waals surface area contributed by atoms with Gasteiger partial charge < -0.3 is 5.73 Å². The fraction of sp³-hybridized carbons (Fsp3) is 0.562. The SMILES string of the molecule is NC(=O)[C@H]1CCCN(S(=O)(=O)c2ccc(S(=O)(=O)N3CCCC3)cc2)C1. The number of amides is 1. The predicted molar refractivity (Wildman–Crippen MR) is 95.1 cm³/mol. The van der Waals surface area contributed by atoms with Crippen molar-refractivity contribution >= 4 is 26.0 Å². The van der Waals surface area contributed by atoms with Crippen molar-refractivity contribution in [2.45, 2.75) is 35.5 Å². The van der Waals surface area contributed by atoms with Crippen LogP contribution < -0.4 is 5.73 Å². The lowest BCUT2D eigenvalue weighted by Crippen LogP contribution is -2.44. The Morgan fingerprint density at radius 1 is 0.846 bits per heavy atom. The zero-order valence-corrected chi connectivity index (χ0v) is 16.0. The first-order valence-corrected chi connectivity index (χ1v) is 11.5. The average Bonchev–Trinajstić information content (AvgIpc) is 3.17. The minimum atomic E-state index is -3.79. The van der Waals surface area contributed by atoms with Gasteiger partial charge in [0.1, 0.15) is 0 Å². The molecule has 2 N–H and O–H groups in total. The van der Waals surface area contributed by atoms with Crippen LogP contribution in [0.3, 0.4) is 0 Å². The van der Waals surface area contributed by atoms with Crippen molar-refractivity contribution < 1.29 is 21.6 Å². The molecule has 2 aliphatic heterocycles. The standard InChI is InChI=1S/C16H23N3O5S2/c17-16(20)13-4-3-11-19(12-13)26(23,24)15-7-5-14(6-8-15)25(21,22)18-9-1-2-10-18/h5-8,13H,1-4,9-12H2,(H2,17,20)/t13-/m0/s1. The first-order chi connectivity index (χ1) is 12.2. The van der Waals surface area contributed by atoms with Crippen molar-refractivity contribution in [2.75, 3.05) is 26.2 Å². The summed E-state index contributed by atoms with van der Waals surface area (Å²) in [5.41, 5.74) is 5.31. The Balaban J connectivity index is 1.82. The third-order valence-corrected chi connectivity index (χ3v) is 8.74. The fourth-order valence-corrected chi connectivity index (χ4v) is 6.44. The summed E-state index contributed by atoms with van der Waals surface area (Å²) in [4.78, 5) is 11.5. The van der Waals surface area contributed by atoms with Crippen LogP contribution in [0, 0.1) is 5.92 Å². The molecule has 0 unspecified atom stereocenters. The van der Waals surface area contributed by atoms with Gasteiger partial charge >= 0.3 is 0 Å². The van der Waals surface area contributed by atoms with E-state index in [4.69, 9.17) is 5.73 Å². The Kier molecular flexibility index (Phi) is 5.38. The first kappa shape index (κ1) is 19.3. The quantitative estimate of drug-likeness (QED) is 0.764. The molecule has 144 valence electrons. The predicted octanol–water partition coefficient (Wildman–Crippen LogP) is 0.357. The highest BCUT2D eigenvalue weighted by Gasteiger charge is 2.33. The van der Waals surface area contributed by atoms with Crippen LogP contribution in [0.15, 0.2) is 34.1 Å². The molecule has 0 spiro atoms. The van der Waals surface area contributed by atoms with Crippen LogP contribution in [0.5, 0.6) is 0 Å². The smallest absolute Gasteiger partial charge is 0.243 e. The number of hydrogen-bond donors (Lipinski definition) is 1. The number of nitrogens with two attached hydrogens (primary N) is 1. The number of nitrogens with zero attached hydrogens (tertiary/aromatic N) is 2. The van der Waals surface area contributed by atoms with E-state index in [1.54, 1.807) is 0 Å². The summed E-state index contributed by atoms with van der Waals surface area (Å²) in [6, 6.07) is 5.28. The van der Waals surface area contributed by atoms with Crippen molar-refractivity contribution in [1.82, 2.24) is 8.61 Å². The van der Waals surface area contributed by atoms with Crippen LogP contribution in [-0.4, -0.2) is 57.5 Å². The summed E-state index contributed by atoms with van der Waals surface area (Å²) in [7, 11) is -7.37. The van der Waals surface area contributed by atoms with Gasteiger partial charge in [0.15, 0.2) is 0 Å². The molecule has 0 bridgehead atoms. The summed E-state index contributed by atoms with van der Waals surface area (Å²) in [6.45, 7) is 1.36. The van der Waals surface area contributed by atoms with E-state index in [2.05, 4.69) is 0 Å². The summed E-state index contributed by atoms with van der Waals surface area (Å²) in [5.74, 6) is -0.995. The number of benzene rings is 1. The second-order valence-electron chi connectivity index (χ2n) is 6.69. The van der Waals surface area contributed by atoms with Crippen molar-refractivity contribution in [2.24, 2.45) is 11.7 Å². The molecule has 3 rings (SSSR count). The Bertz CT molecular complexity index is 875. The van der Waals surface area contributed by atoms with E-state index in [-0.39, 0.29) is 16.3 Å². The van der Waals surface area contributed by atoms with Gasteiger partial charge in [-0.2, -0.15) is 8.61 Å². The summed E-state index contributed by atoms with van der Waals surface area (Å²) in [5, 5.41) is 0. The highest BCUT2D eigenvalue weighted by molar-refractivity contribution is 7.89. The largest absolute Gasteiger partial charge is 0.369 e. The lowest BCUT2D eigenvalue weighted by molar-refractivity contribution is -0.122. The molecule has 8 nitrogen and oxygen atoms in total. The third-order valence-electron chi connectivity index (χ3n) is 4.95. The first-order valence-electron chi connectivity index (χ1n) is 8.62. The molecular formula is C16H23N3O5S2. The Morgan fingerprint density at radius 2 is 1.31 bits per heavy atom. The van der Waals surface area contributed by atoms with Gasteiger partial charge in [0, 0.05) is 26.2 Å². The zero-order chi connectivity index (χ0) is 18.9. The Morgan fingerprint density at radius 3 is 1.81 bits per heavy atom. The van der Waals surface area contributed by atoms with E-state index in [0.717, 1.165) is 12.8 Å². The lowest BCUT2D eigenvalue weighted by Gasteiger charge is -2.30. The molecule has 0 saturated carbocycles. The average molecular weight is 402 g/mol. The minimum absolute atomic E-state index is 0.0167. The van der Waals surface area contributed by atoms with Gasteiger partial charge in [0.05, 0.1) is 15.7 Å². The molecule has 0 radical (unpaired) electrons. The number of rotatable bonds is 5. The third kappa shape index (κ3) is 3.64. The normalized spacial score (nSPS) is 23.2. The van der Waals surface area contributed by atoms with Gasteiger partial charge in [-0.15, -0.1) is 0 Å². The van der Waals surface area contributed by atoms with Crippen molar-refractivity contribution in [3.63, 3.8) is 0 Å². The Hall–Kier alpha value is -1.49. The van der Waals surface area contributed by atoms with Crippen molar-refractivity contribution in [1.29, 1.82) is 0 Å². The zero-order valence-electron chi connectivity index (χ0n) is 14.4. The second kappa shape index (κ2) is 7.26. The molecule has 0 aliphatic carbocycles. The summed E-state index contributed by atoms with van der Waals surface area (Å²) >= 11 is 0. The van der Waals surface area contributed by atoms with Crippen molar-refractivity contribution in [3.8, 4) is 0 Å². The maximum absolute atomic E-state index is 12.8.